The molecule has 4 fully saturated rings. The Hall–Kier alpha value is -2.55. The van der Waals surface area contributed by atoms with Gasteiger partial charge in [-0.1, -0.05) is 12.1 Å². The number of benzene rings is 1. The smallest absolute Gasteiger partial charge is 0.339 e. The highest BCUT2D eigenvalue weighted by atomic mass is 32.2. The van der Waals surface area contributed by atoms with Gasteiger partial charge in [-0.3, -0.25) is 14.9 Å². The van der Waals surface area contributed by atoms with E-state index in [2.05, 4.69) is 16.0 Å². The first kappa shape index (κ1) is 23.6. The van der Waals surface area contributed by atoms with E-state index in [1.165, 1.54) is 31.0 Å². The molecule has 8 nitrogen and oxygen atoms in total. The van der Waals surface area contributed by atoms with Gasteiger partial charge in [-0.25, -0.2) is 9.59 Å². The Morgan fingerprint density at radius 3 is 2.27 bits per heavy atom. The quantitative estimate of drug-likeness (QED) is 0.395. The van der Waals surface area contributed by atoms with Crippen molar-refractivity contribution < 1.29 is 23.9 Å². The molecule has 3 N–H and O–H groups in total. The number of esters is 1. The standard InChI is InChI=1S/C24H31N3O5S/c1-2-25-23(31)26-20(28)13-32-22(30)18-5-3-4-6-19(18)33-14-21(29)27-24-10-15-7-16(11-24)9-17(8-15)12-24/h3-6,15-17H,2,7-14H2,1H3,(H,27,29)(H2,25,26,28,31). The number of nitrogens with one attached hydrogen (secondary N) is 3. The SMILES string of the molecule is CCNC(=O)NC(=O)COC(=O)c1ccccc1SCC(=O)NC12CC3CC(CC(C3)C1)C2. The van der Waals surface area contributed by atoms with Crippen molar-refractivity contribution in [3.63, 3.8) is 0 Å². The molecule has 0 radical (unpaired) electrons. The molecular formula is C24H31N3O5S. The van der Waals surface area contributed by atoms with Crippen LogP contribution in [0.2, 0.25) is 0 Å². The van der Waals surface area contributed by atoms with Gasteiger partial charge >= 0.3 is 12.0 Å². The Balaban J connectivity index is 1.29. The topological polar surface area (TPSA) is 114 Å². The van der Waals surface area contributed by atoms with Gasteiger partial charge in [0.15, 0.2) is 6.61 Å². The lowest BCUT2D eigenvalue weighted by molar-refractivity contribution is -0.124. The van der Waals surface area contributed by atoms with E-state index in [-0.39, 0.29) is 22.8 Å². The molecule has 178 valence electrons. The number of thioether (sulfide) groups is 1. The monoisotopic (exact) mass is 473 g/mol. The van der Waals surface area contributed by atoms with E-state index in [0.717, 1.165) is 37.0 Å². The highest BCUT2D eigenvalue weighted by Crippen LogP contribution is 2.55. The zero-order valence-electron chi connectivity index (χ0n) is 18.9. The van der Waals surface area contributed by atoms with Crippen molar-refractivity contribution in [3.8, 4) is 0 Å². The van der Waals surface area contributed by atoms with Crippen molar-refractivity contribution in [1.29, 1.82) is 0 Å². The molecule has 4 aliphatic rings. The van der Waals surface area contributed by atoms with Crippen LogP contribution in [0.1, 0.15) is 55.8 Å². The number of hydrogen-bond acceptors (Lipinski definition) is 6. The molecule has 5 rings (SSSR count). The number of rotatable bonds is 8. The number of ether oxygens (including phenoxy) is 1. The maximum absolute atomic E-state index is 12.8. The van der Waals surface area contributed by atoms with Gasteiger partial charge in [-0.05, 0) is 75.3 Å². The van der Waals surface area contributed by atoms with E-state index in [4.69, 9.17) is 4.74 Å². The van der Waals surface area contributed by atoms with Gasteiger partial charge < -0.3 is 15.4 Å². The fourth-order valence-electron chi connectivity index (χ4n) is 6.08. The van der Waals surface area contributed by atoms with Gasteiger partial charge in [0.1, 0.15) is 0 Å². The summed E-state index contributed by atoms with van der Waals surface area (Å²) in [5, 5.41) is 7.85. The van der Waals surface area contributed by atoms with Crippen LogP contribution in [0.4, 0.5) is 4.79 Å². The number of hydrogen-bond donors (Lipinski definition) is 3. The summed E-state index contributed by atoms with van der Waals surface area (Å²) in [7, 11) is 0. The van der Waals surface area contributed by atoms with Crippen LogP contribution < -0.4 is 16.0 Å². The first-order chi connectivity index (χ1) is 15.9. The molecule has 1 aromatic carbocycles. The van der Waals surface area contributed by atoms with Gasteiger partial charge in [0.25, 0.3) is 5.91 Å². The average Bonchev–Trinajstić information content (AvgIpc) is 2.75. The molecule has 4 amide bonds. The van der Waals surface area contributed by atoms with Crippen molar-refractivity contribution in [2.24, 2.45) is 17.8 Å². The van der Waals surface area contributed by atoms with E-state index in [1.807, 2.05) is 0 Å². The molecule has 0 spiro atoms. The summed E-state index contributed by atoms with van der Waals surface area (Å²) in [5.41, 5.74) is 0.248. The van der Waals surface area contributed by atoms with Crippen LogP contribution in [-0.4, -0.2) is 48.3 Å². The average molecular weight is 474 g/mol. The number of amides is 4. The first-order valence-electron chi connectivity index (χ1n) is 11.6. The van der Waals surface area contributed by atoms with Crippen LogP contribution in [0.3, 0.4) is 0 Å². The van der Waals surface area contributed by atoms with E-state index in [1.54, 1.807) is 31.2 Å². The molecule has 9 heteroatoms. The lowest BCUT2D eigenvalue weighted by atomic mass is 9.53. The second-order valence-corrected chi connectivity index (χ2v) is 10.5. The molecule has 0 unspecified atom stereocenters. The highest BCUT2D eigenvalue weighted by Gasteiger charge is 2.51. The molecule has 4 saturated carbocycles. The number of imide groups is 1. The van der Waals surface area contributed by atoms with E-state index < -0.39 is 24.5 Å². The van der Waals surface area contributed by atoms with Crippen LogP contribution in [-0.2, 0) is 14.3 Å². The summed E-state index contributed by atoms with van der Waals surface area (Å²) in [5.74, 6) is 1.08. The molecule has 0 aromatic heterocycles. The summed E-state index contributed by atoms with van der Waals surface area (Å²) in [6.07, 6.45) is 7.24. The van der Waals surface area contributed by atoms with Crippen LogP contribution in [0, 0.1) is 17.8 Å². The Labute approximate surface area is 198 Å². The summed E-state index contributed by atoms with van der Waals surface area (Å²) in [6, 6.07) is 6.21. The Morgan fingerprint density at radius 1 is 1.00 bits per heavy atom. The van der Waals surface area contributed by atoms with Crippen LogP contribution in [0.15, 0.2) is 29.2 Å². The van der Waals surface area contributed by atoms with Crippen LogP contribution in [0.5, 0.6) is 0 Å². The van der Waals surface area contributed by atoms with Crippen molar-refractivity contribution >= 4 is 35.6 Å². The summed E-state index contributed by atoms with van der Waals surface area (Å²) < 4.78 is 5.06. The molecule has 4 aliphatic carbocycles. The fraction of sp³-hybridized carbons (Fsp3) is 0.583. The predicted octanol–water partition coefficient (Wildman–Crippen LogP) is 2.87. The third-order valence-electron chi connectivity index (χ3n) is 6.83. The largest absolute Gasteiger partial charge is 0.452 e. The second kappa shape index (κ2) is 10.2. The third-order valence-corrected chi connectivity index (χ3v) is 7.91. The van der Waals surface area contributed by atoms with Crippen molar-refractivity contribution in [3.05, 3.63) is 29.8 Å². The molecule has 0 heterocycles. The summed E-state index contributed by atoms with van der Waals surface area (Å²) in [6.45, 7) is 1.53. The van der Waals surface area contributed by atoms with Gasteiger partial charge in [0.05, 0.1) is 11.3 Å². The van der Waals surface area contributed by atoms with Crippen molar-refractivity contribution in [1.82, 2.24) is 16.0 Å². The maximum Gasteiger partial charge on any atom is 0.339 e. The molecular weight excluding hydrogens is 442 g/mol. The lowest BCUT2D eigenvalue weighted by Gasteiger charge is -2.56. The fourth-order valence-corrected chi connectivity index (χ4v) is 6.92. The van der Waals surface area contributed by atoms with Crippen molar-refractivity contribution in [2.75, 3.05) is 18.9 Å². The normalized spacial score (nSPS) is 27.0. The Bertz CT molecular complexity index is 899. The Kier molecular flexibility index (Phi) is 7.26. The molecule has 0 aliphatic heterocycles. The van der Waals surface area contributed by atoms with Crippen LogP contribution >= 0.6 is 11.8 Å². The highest BCUT2D eigenvalue weighted by molar-refractivity contribution is 8.00. The lowest BCUT2D eigenvalue weighted by Crippen LogP contribution is -2.60. The summed E-state index contributed by atoms with van der Waals surface area (Å²) >= 11 is 1.29. The first-order valence-corrected chi connectivity index (χ1v) is 12.6. The second-order valence-electron chi connectivity index (χ2n) is 9.51. The minimum Gasteiger partial charge on any atom is -0.452 e. The minimum absolute atomic E-state index is 0.00793. The van der Waals surface area contributed by atoms with Gasteiger partial charge in [0.2, 0.25) is 5.91 Å². The van der Waals surface area contributed by atoms with Gasteiger partial charge in [0, 0.05) is 17.0 Å². The predicted molar refractivity (Wildman–Crippen MR) is 124 cm³/mol. The number of carbonyl (C=O) groups excluding carboxylic acids is 4. The molecule has 0 saturated heterocycles. The van der Waals surface area contributed by atoms with Gasteiger partial charge in [-0.15, -0.1) is 11.8 Å². The van der Waals surface area contributed by atoms with E-state index >= 15 is 0 Å². The molecule has 33 heavy (non-hydrogen) atoms. The number of urea groups is 1. The maximum atomic E-state index is 12.8. The molecule has 4 bridgehead atoms. The Morgan fingerprint density at radius 2 is 1.64 bits per heavy atom. The third kappa shape index (κ3) is 5.88. The summed E-state index contributed by atoms with van der Waals surface area (Å²) in [4.78, 5) is 49.1. The zero-order valence-corrected chi connectivity index (χ0v) is 19.7. The zero-order chi connectivity index (χ0) is 23.4. The minimum atomic E-state index is -0.714. The number of carbonyl (C=O) groups is 4. The molecule has 0 atom stereocenters. The molecule has 1 aromatic rings. The van der Waals surface area contributed by atoms with Gasteiger partial charge in [-0.2, -0.15) is 0 Å². The van der Waals surface area contributed by atoms with E-state index in [0.29, 0.717) is 11.4 Å². The van der Waals surface area contributed by atoms with E-state index in [9.17, 15) is 19.2 Å². The van der Waals surface area contributed by atoms with Crippen LogP contribution in [0.25, 0.3) is 0 Å². The van der Waals surface area contributed by atoms with Crippen molar-refractivity contribution in [2.45, 2.75) is 55.9 Å².